The van der Waals surface area contributed by atoms with Gasteiger partial charge in [0.15, 0.2) is 0 Å². The maximum atomic E-state index is 0. The van der Waals surface area contributed by atoms with Crippen molar-refractivity contribution in [1.29, 1.82) is 0 Å². The van der Waals surface area contributed by atoms with Crippen molar-refractivity contribution < 1.29 is 104 Å². The van der Waals surface area contributed by atoms with Gasteiger partial charge in [0.1, 0.15) is 0 Å². The molecule has 0 fully saturated rings. The summed E-state index contributed by atoms with van der Waals surface area (Å²) in [4.78, 5) is 0. The molecule has 0 aliphatic rings. The van der Waals surface area contributed by atoms with Crippen LogP contribution < -0.4 is 80.9 Å². The standard InChI is InChI=1S/Fe.K.Mg.Na.4H/q;+1;+2;+1;4*-1. The van der Waals surface area contributed by atoms with Crippen LogP contribution in [0.2, 0.25) is 0 Å². The number of hydrogen-bond donors (Lipinski definition) is 0. The third-order valence-corrected chi connectivity index (χ3v) is 0. The van der Waals surface area contributed by atoms with E-state index in [1.807, 2.05) is 0 Å². The zero-order valence-corrected chi connectivity index (χ0v) is 10.7. The third-order valence-electron chi connectivity index (χ3n) is 0. The van der Waals surface area contributed by atoms with Crippen LogP contribution in [0.1, 0.15) is 5.71 Å². The first kappa shape index (κ1) is 24.7. The van der Waals surface area contributed by atoms with E-state index in [4.69, 9.17) is 0 Å². The Labute approximate surface area is 124 Å². The number of hydrogen-bond acceptors (Lipinski definition) is 0. The monoisotopic (exact) mass is 146 g/mol. The van der Waals surface area contributed by atoms with Gasteiger partial charge >= 0.3 is 104 Å². The average Bonchev–Trinajstić information content (AvgIpc) is 0. The summed E-state index contributed by atoms with van der Waals surface area (Å²) in [5.74, 6) is 0. The van der Waals surface area contributed by atoms with Crippen LogP contribution in [0.15, 0.2) is 0 Å². The summed E-state index contributed by atoms with van der Waals surface area (Å²) in [5, 5.41) is 0. The molecular formula is H4FeKMgNa. The molecule has 0 saturated heterocycles. The van der Waals surface area contributed by atoms with Gasteiger partial charge in [-0.15, -0.1) is 0 Å². The molecule has 0 aliphatic heterocycles. The molecular weight excluding hydrogens is 142 g/mol. The van der Waals surface area contributed by atoms with Crippen LogP contribution in [0.5, 0.6) is 0 Å². The van der Waals surface area contributed by atoms with Gasteiger partial charge in [-0.3, -0.25) is 0 Å². The maximum absolute atomic E-state index is 0. The first-order valence-corrected chi connectivity index (χ1v) is 0. The van der Waals surface area contributed by atoms with Gasteiger partial charge in [0.25, 0.3) is 0 Å². The first-order chi connectivity index (χ1) is 0. The van der Waals surface area contributed by atoms with E-state index in [0.29, 0.717) is 0 Å². The van der Waals surface area contributed by atoms with E-state index >= 15 is 0 Å². The largest absolute Gasteiger partial charge is 2.00 e. The van der Waals surface area contributed by atoms with Gasteiger partial charge in [0.2, 0.25) is 0 Å². The van der Waals surface area contributed by atoms with Crippen molar-refractivity contribution in [3.8, 4) is 0 Å². The van der Waals surface area contributed by atoms with Gasteiger partial charge in [0, 0.05) is 17.1 Å². The molecule has 0 nitrogen and oxygen atoms in total. The minimum atomic E-state index is 0. The molecule has 4 heavy (non-hydrogen) atoms. The summed E-state index contributed by atoms with van der Waals surface area (Å²) in [5.41, 5.74) is 0. The summed E-state index contributed by atoms with van der Waals surface area (Å²) in [6.07, 6.45) is 0. The van der Waals surface area contributed by atoms with E-state index < -0.39 is 0 Å². The Hall–Kier alpha value is 3.92. The SMILES string of the molecule is [Fe].[H-].[H-].[H-].[H-].[K+].[Mg+2].[Na+]. The number of rotatable bonds is 0. The maximum Gasteiger partial charge on any atom is 2.00 e. The fraction of sp³-hybridized carbons (Fsp3) is 0. The zero-order chi connectivity index (χ0) is 0. The van der Waals surface area contributed by atoms with Gasteiger partial charge in [-0.05, 0) is 0 Å². The van der Waals surface area contributed by atoms with Gasteiger partial charge < -0.3 is 5.71 Å². The minimum Gasteiger partial charge on any atom is -1.00 e. The Morgan fingerprint density at radius 1 is 1.25 bits per heavy atom. The molecule has 16 valence electrons. The second-order valence-electron chi connectivity index (χ2n) is 0. The molecule has 0 aromatic carbocycles. The predicted molar refractivity (Wildman–Crippen MR) is 10.2 cm³/mol. The van der Waals surface area contributed by atoms with Crippen LogP contribution in [-0.2, 0) is 17.1 Å². The van der Waals surface area contributed by atoms with Crippen LogP contribution in [0.3, 0.4) is 0 Å². The van der Waals surface area contributed by atoms with Gasteiger partial charge in [-0.1, -0.05) is 0 Å². The van der Waals surface area contributed by atoms with Crippen molar-refractivity contribution in [2.75, 3.05) is 0 Å². The molecule has 0 saturated carbocycles. The molecule has 0 spiro atoms. The second kappa shape index (κ2) is 15.8. The molecule has 0 heterocycles. The third kappa shape index (κ3) is 9.33. The first-order valence-electron chi connectivity index (χ1n) is 0. The molecule has 0 N–H and O–H groups in total. The normalized spacial score (nSPS) is 0. The average molecular weight is 146 g/mol. The minimum absolute atomic E-state index is 0. The van der Waals surface area contributed by atoms with Crippen molar-refractivity contribution >= 4 is 23.1 Å². The molecule has 0 unspecified atom stereocenters. The van der Waals surface area contributed by atoms with Crippen molar-refractivity contribution in [2.45, 2.75) is 0 Å². The predicted octanol–water partition coefficient (Wildman–Crippen LogP) is -5.93. The molecule has 0 atom stereocenters. The Morgan fingerprint density at radius 2 is 1.25 bits per heavy atom. The Kier molecular flexibility index (Phi) is 97.4. The van der Waals surface area contributed by atoms with Crippen molar-refractivity contribution in [3.63, 3.8) is 0 Å². The van der Waals surface area contributed by atoms with Crippen molar-refractivity contribution in [1.82, 2.24) is 0 Å². The van der Waals surface area contributed by atoms with Crippen LogP contribution in [0.4, 0.5) is 0 Å². The molecule has 0 aromatic heterocycles. The summed E-state index contributed by atoms with van der Waals surface area (Å²) in [7, 11) is 0. The van der Waals surface area contributed by atoms with Crippen LogP contribution in [0.25, 0.3) is 0 Å². The van der Waals surface area contributed by atoms with Crippen molar-refractivity contribution in [3.05, 3.63) is 0 Å². The van der Waals surface area contributed by atoms with E-state index in [-0.39, 0.29) is 127 Å². The molecule has 4 heteroatoms. The molecule has 0 aromatic rings. The van der Waals surface area contributed by atoms with E-state index in [1.165, 1.54) is 0 Å². The van der Waals surface area contributed by atoms with Crippen molar-refractivity contribution in [2.24, 2.45) is 0 Å². The summed E-state index contributed by atoms with van der Waals surface area (Å²) in [6.45, 7) is 0. The fourth-order valence-electron chi connectivity index (χ4n) is 0. The zero-order valence-electron chi connectivity index (χ0n) is 7.06. The van der Waals surface area contributed by atoms with Gasteiger partial charge in [0.05, 0.1) is 0 Å². The quantitative estimate of drug-likeness (QED) is 0.299. The summed E-state index contributed by atoms with van der Waals surface area (Å²) in [6, 6.07) is 0. The smallest absolute Gasteiger partial charge is 1.00 e. The molecule has 0 bridgehead atoms. The molecule has 0 rings (SSSR count). The van der Waals surface area contributed by atoms with Crippen LogP contribution in [0, 0.1) is 0 Å². The van der Waals surface area contributed by atoms with Gasteiger partial charge in [-0.25, -0.2) is 0 Å². The summed E-state index contributed by atoms with van der Waals surface area (Å²) < 4.78 is 0. The van der Waals surface area contributed by atoms with E-state index in [2.05, 4.69) is 0 Å². The van der Waals surface area contributed by atoms with Crippen LogP contribution >= 0.6 is 0 Å². The van der Waals surface area contributed by atoms with E-state index in [0.717, 1.165) is 0 Å². The molecule has 0 aliphatic carbocycles. The Bertz CT molecular complexity index is 16.0. The molecule has 0 radical (unpaired) electrons. The Morgan fingerprint density at radius 3 is 1.25 bits per heavy atom. The van der Waals surface area contributed by atoms with E-state index in [9.17, 15) is 0 Å². The fourth-order valence-corrected chi connectivity index (χ4v) is 0. The van der Waals surface area contributed by atoms with E-state index in [1.54, 1.807) is 0 Å². The van der Waals surface area contributed by atoms with Crippen LogP contribution in [-0.4, -0.2) is 23.1 Å². The Balaban J connectivity index is 0. The topological polar surface area (TPSA) is 0 Å². The second-order valence-corrected chi connectivity index (χ2v) is 0. The van der Waals surface area contributed by atoms with Gasteiger partial charge in [-0.2, -0.15) is 0 Å². The summed E-state index contributed by atoms with van der Waals surface area (Å²) >= 11 is 0. The molecule has 0 amide bonds.